The van der Waals surface area contributed by atoms with Crippen LogP contribution in [0.15, 0.2) is 0 Å². The van der Waals surface area contributed by atoms with Gasteiger partial charge < -0.3 is 14.6 Å². The average molecular weight is 291 g/mol. The summed E-state index contributed by atoms with van der Waals surface area (Å²) in [6.45, 7) is 4.18. The van der Waals surface area contributed by atoms with Crippen molar-refractivity contribution in [2.45, 2.75) is 25.4 Å². The molecule has 1 N–H and O–H groups in total. The molecule has 1 unspecified atom stereocenters. The highest BCUT2D eigenvalue weighted by atomic mass is 19.4. The van der Waals surface area contributed by atoms with Gasteiger partial charge in [-0.2, -0.15) is 13.2 Å². The number of fused-ring (bicyclic) bond motifs is 1. The van der Waals surface area contributed by atoms with E-state index in [4.69, 9.17) is 4.74 Å². The van der Waals surface area contributed by atoms with E-state index < -0.39 is 12.0 Å². The maximum absolute atomic E-state index is 12.7. The summed E-state index contributed by atoms with van der Waals surface area (Å²) in [6, 6.07) is 0. The Morgan fingerprint density at radius 1 is 1.30 bits per heavy atom. The van der Waals surface area contributed by atoms with Crippen LogP contribution in [0, 0.1) is 0 Å². The standard InChI is InChI=1S/C11H16F3N5O/c12-11(13,14)10-17-16-9-7-18(2-3-19(9)10)6-8-5-15-1-4-20-8/h8,15H,1-7H2. The second-order valence-electron chi connectivity index (χ2n) is 5.02. The smallest absolute Gasteiger partial charge is 0.374 e. The van der Waals surface area contributed by atoms with Gasteiger partial charge in [-0.05, 0) is 0 Å². The van der Waals surface area contributed by atoms with Crippen LogP contribution in [-0.4, -0.2) is 58.6 Å². The van der Waals surface area contributed by atoms with Crippen molar-refractivity contribution in [2.24, 2.45) is 0 Å². The van der Waals surface area contributed by atoms with Gasteiger partial charge in [0.05, 0.1) is 19.3 Å². The van der Waals surface area contributed by atoms with Crippen LogP contribution < -0.4 is 5.32 Å². The van der Waals surface area contributed by atoms with Gasteiger partial charge in [0.25, 0.3) is 0 Å². The number of rotatable bonds is 2. The van der Waals surface area contributed by atoms with E-state index in [9.17, 15) is 13.2 Å². The lowest BCUT2D eigenvalue weighted by Crippen LogP contribution is -2.47. The predicted octanol–water partition coefficient (Wildman–Crippen LogP) is 0.101. The summed E-state index contributed by atoms with van der Waals surface area (Å²) in [5, 5.41) is 10.2. The van der Waals surface area contributed by atoms with Crippen LogP contribution in [0.25, 0.3) is 0 Å². The van der Waals surface area contributed by atoms with Crippen molar-refractivity contribution < 1.29 is 17.9 Å². The Morgan fingerprint density at radius 2 is 2.15 bits per heavy atom. The van der Waals surface area contributed by atoms with E-state index in [1.54, 1.807) is 0 Å². The van der Waals surface area contributed by atoms with Crippen LogP contribution in [0.5, 0.6) is 0 Å². The van der Waals surface area contributed by atoms with Gasteiger partial charge in [-0.15, -0.1) is 10.2 Å². The Kier molecular flexibility index (Phi) is 3.65. The quantitative estimate of drug-likeness (QED) is 0.837. The fraction of sp³-hybridized carbons (Fsp3) is 0.818. The van der Waals surface area contributed by atoms with Crippen molar-refractivity contribution in [3.8, 4) is 0 Å². The molecule has 112 valence electrons. The van der Waals surface area contributed by atoms with Crippen LogP contribution in [0.2, 0.25) is 0 Å². The summed E-state index contributed by atoms with van der Waals surface area (Å²) >= 11 is 0. The molecule has 1 fully saturated rings. The van der Waals surface area contributed by atoms with Gasteiger partial charge in [0.1, 0.15) is 5.82 Å². The maximum Gasteiger partial charge on any atom is 0.451 e. The van der Waals surface area contributed by atoms with Gasteiger partial charge >= 0.3 is 6.18 Å². The first-order valence-corrected chi connectivity index (χ1v) is 6.58. The van der Waals surface area contributed by atoms with E-state index in [1.165, 1.54) is 0 Å². The van der Waals surface area contributed by atoms with Crippen LogP contribution in [0.4, 0.5) is 13.2 Å². The molecule has 0 bridgehead atoms. The number of hydrogen-bond donors (Lipinski definition) is 1. The molecule has 1 aromatic rings. The molecule has 3 heterocycles. The number of nitrogens with one attached hydrogen (secondary N) is 1. The summed E-state index contributed by atoms with van der Waals surface area (Å²) in [5.74, 6) is -0.532. The van der Waals surface area contributed by atoms with Gasteiger partial charge in [0.2, 0.25) is 5.82 Å². The maximum atomic E-state index is 12.7. The highest BCUT2D eigenvalue weighted by molar-refractivity contribution is 5.02. The van der Waals surface area contributed by atoms with Crippen LogP contribution >= 0.6 is 0 Å². The van der Waals surface area contributed by atoms with Gasteiger partial charge in [-0.1, -0.05) is 0 Å². The molecule has 0 amide bonds. The van der Waals surface area contributed by atoms with Crippen molar-refractivity contribution in [1.29, 1.82) is 0 Å². The number of nitrogens with zero attached hydrogens (tertiary/aromatic N) is 4. The Morgan fingerprint density at radius 3 is 2.85 bits per heavy atom. The minimum Gasteiger partial charge on any atom is -0.374 e. The number of halogens is 3. The second kappa shape index (κ2) is 5.30. The first kappa shape index (κ1) is 13.8. The molecular weight excluding hydrogens is 275 g/mol. The zero-order chi connectivity index (χ0) is 14.2. The highest BCUT2D eigenvalue weighted by Crippen LogP contribution is 2.29. The zero-order valence-corrected chi connectivity index (χ0v) is 10.9. The van der Waals surface area contributed by atoms with Crippen molar-refractivity contribution >= 4 is 0 Å². The first-order chi connectivity index (χ1) is 9.54. The predicted molar refractivity (Wildman–Crippen MR) is 62.9 cm³/mol. The van der Waals surface area contributed by atoms with Crippen molar-refractivity contribution in [3.05, 3.63) is 11.6 Å². The fourth-order valence-electron chi connectivity index (χ4n) is 2.60. The number of aromatic nitrogens is 3. The second-order valence-corrected chi connectivity index (χ2v) is 5.02. The summed E-state index contributed by atoms with van der Waals surface area (Å²) in [6.07, 6.45) is -4.36. The summed E-state index contributed by atoms with van der Waals surface area (Å²) in [7, 11) is 0. The largest absolute Gasteiger partial charge is 0.451 e. The van der Waals surface area contributed by atoms with Gasteiger partial charge in [0, 0.05) is 32.7 Å². The lowest BCUT2D eigenvalue weighted by molar-refractivity contribution is -0.148. The van der Waals surface area contributed by atoms with Gasteiger partial charge in [0.15, 0.2) is 0 Å². The normalized spacial score (nSPS) is 24.6. The third-order valence-electron chi connectivity index (χ3n) is 3.55. The van der Waals surface area contributed by atoms with E-state index in [1.807, 2.05) is 0 Å². The Hall–Kier alpha value is -1.19. The van der Waals surface area contributed by atoms with E-state index >= 15 is 0 Å². The molecule has 0 aromatic carbocycles. The number of alkyl halides is 3. The molecule has 0 aliphatic carbocycles. The third-order valence-corrected chi connectivity index (χ3v) is 3.55. The molecular formula is C11H16F3N5O. The molecule has 6 nitrogen and oxygen atoms in total. The molecule has 9 heteroatoms. The Labute approximate surface area is 113 Å². The minimum atomic E-state index is -4.44. The summed E-state index contributed by atoms with van der Waals surface area (Å²) in [5.41, 5.74) is 0. The summed E-state index contributed by atoms with van der Waals surface area (Å²) < 4.78 is 44.9. The number of hydrogen-bond acceptors (Lipinski definition) is 5. The summed E-state index contributed by atoms with van der Waals surface area (Å²) in [4.78, 5) is 2.06. The topological polar surface area (TPSA) is 55.2 Å². The number of morpholine rings is 1. The fourth-order valence-corrected chi connectivity index (χ4v) is 2.60. The van der Waals surface area contributed by atoms with Crippen molar-refractivity contribution in [2.75, 3.05) is 32.8 Å². The zero-order valence-electron chi connectivity index (χ0n) is 10.9. The molecule has 1 atom stereocenters. The van der Waals surface area contributed by atoms with Crippen molar-refractivity contribution in [3.63, 3.8) is 0 Å². The molecule has 2 aliphatic rings. The van der Waals surface area contributed by atoms with Gasteiger partial charge in [-0.3, -0.25) is 4.90 Å². The number of ether oxygens (including phenoxy) is 1. The average Bonchev–Trinajstić information content (AvgIpc) is 2.83. The van der Waals surface area contributed by atoms with Crippen LogP contribution in [-0.2, 0) is 24.0 Å². The van der Waals surface area contributed by atoms with Crippen molar-refractivity contribution in [1.82, 2.24) is 25.0 Å². The molecule has 1 aromatic heterocycles. The minimum absolute atomic E-state index is 0.0836. The monoisotopic (exact) mass is 291 g/mol. The van der Waals surface area contributed by atoms with E-state index in [0.29, 0.717) is 32.1 Å². The van der Waals surface area contributed by atoms with E-state index in [2.05, 4.69) is 20.4 Å². The lowest BCUT2D eigenvalue weighted by Gasteiger charge is -2.32. The lowest BCUT2D eigenvalue weighted by atomic mass is 10.2. The molecule has 0 spiro atoms. The van der Waals surface area contributed by atoms with Gasteiger partial charge in [-0.25, -0.2) is 0 Å². The highest BCUT2D eigenvalue weighted by Gasteiger charge is 2.39. The molecule has 1 saturated heterocycles. The van der Waals surface area contributed by atoms with E-state index in [-0.39, 0.29) is 12.6 Å². The first-order valence-electron chi connectivity index (χ1n) is 6.58. The molecule has 0 saturated carbocycles. The van der Waals surface area contributed by atoms with E-state index in [0.717, 1.165) is 17.7 Å². The van der Waals surface area contributed by atoms with Crippen LogP contribution in [0.1, 0.15) is 11.6 Å². The molecule has 20 heavy (non-hydrogen) atoms. The Bertz CT molecular complexity index is 469. The molecule has 0 radical (unpaired) electrons. The Balaban J connectivity index is 1.65. The molecule has 2 aliphatic heterocycles. The third kappa shape index (κ3) is 2.79. The van der Waals surface area contributed by atoms with Crippen LogP contribution in [0.3, 0.4) is 0 Å². The molecule has 3 rings (SSSR count). The SMILES string of the molecule is FC(F)(F)c1nnc2n1CCN(CC1CNCCO1)C2.